The van der Waals surface area contributed by atoms with Crippen molar-refractivity contribution < 1.29 is 18.7 Å². The highest BCUT2D eigenvalue weighted by Crippen LogP contribution is 2.35. The minimum absolute atomic E-state index is 0.286. The second-order valence-electron chi connectivity index (χ2n) is 8.48. The van der Waals surface area contributed by atoms with Crippen LogP contribution in [0, 0.1) is 5.82 Å². The summed E-state index contributed by atoms with van der Waals surface area (Å²) in [5.41, 5.74) is 7.41. The Labute approximate surface area is 216 Å². The Morgan fingerprint density at radius 3 is 2.68 bits per heavy atom. The van der Waals surface area contributed by atoms with Gasteiger partial charge in [0.05, 0.1) is 47.7 Å². The van der Waals surface area contributed by atoms with Crippen LogP contribution in [0.15, 0.2) is 36.7 Å². The lowest BCUT2D eigenvalue weighted by Crippen LogP contribution is -2.36. The number of carbonyl (C=O) groups excluding carboxylic acids is 1. The molecule has 0 amide bonds. The molecule has 0 bridgehead atoms. The number of halogens is 1. The third-order valence-corrected chi connectivity index (χ3v) is 6.94. The number of ether oxygens (including phenoxy) is 2. The summed E-state index contributed by atoms with van der Waals surface area (Å²) in [5, 5.41) is 0. The van der Waals surface area contributed by atoms with Gasteiger partial charge in [0, 0.05) is 43.1 Å². The van der Waals surface area contributed by atoms with E-state index < -0.39 is 11.8 Å². The minimum atomic E-state index is -0.467. The fourth-order valence-electron chi connectivity index (χ4n) is 4.01. The second kappa shape index (κ2) is 10.6. The molecule has 3 aromatic heterocycles. The first-order chi connectivity index (χ1) is 17.9. The highest BCUT2D eigenvalue weighted by Gasteiger charge is 2.22. The maximum atomic E-state index is 14.8. The summed E-state index contributed by atoms with van der Waals surface area (Å²) in [6.07, 6.45) is 2.91. The highest BCUT2D eigenvalue weighted by atomic mass is 32.1. The van der Waals surface area contributed by atoms with E-state index in [0.717, 1.165) is 20.9 Å². The maximum absolute atomic E-state index is 14.8. The molecular formula is C25H26FN7O3S. The number of thiophene rings is 1. The summed E-state index contributed by atoms with van der Waals surface area (Å²) in [6.45, 7) is 5.10. The quantitative estimate of drug-likeness (QED) is 0.285. The monoisotopic (exact) mass is 523 g/mol. The summed E-state index contributed by atoms with van der Waals surface area (Å²) < 4.78 is 26.2. The van der Waals surface area contributed by atoms with Crippen molar-refractivity contribution in [2.24, 2.45) is 0 Å². The van der Waals surface area contributed by atoms with E-state index in [9.17, 15) is 9.18 Å². The first-order valence-electron chi connectivity index (χ1n) is 11.8. The van der Waals surface area contributed by atoms with Gasteiger partial charge in [-0.2, -0.15) is 0 Å². The first-order valence-corrected chi connectivity index (χ1v) is 12.6. The minimum Gasteiger partial charge on any atom is -0.462 e. The van der Waals surface area contributed by atoms with Gasteiger partial charge in [0.25, 0.3) is 0 Å². The van der Waals surface area contributed by atoms with E-state index in [-0.39, 0.29) is 6.61 Å². The number of carbonyl (C=O) groups is 1. The summed E-state index contributed by atoms with van der Waals surface area (Å²) in [6, 6.07) is 6.50. The van der Waals surface area contributed by atoms with E-state index in [1.807, 2.05) is 18.0 Å². The van der Waals surface area contributed by atoms with Crippen molar-refractivity contribution in [1.82, 2.24) is 19.9 Å². The molecule has 0 spiro atoms. The van der Waals surface area contributed by atoms with Gasteiger partial charge in [-0.25, -0.2) is 29.1 Å². The molecule has 37 heavy (non-hydrogen) atoms. The number of morpholine rings is 1. The van der Waals surface area contributed by atoms with Crippen LogP contribution in [-0.2, 0) is 16.0 Å². The Morgan fingerprint density at radius 1 is 1.22 bits per heavy atom. The van der Waals surface area contributed by atoms with Crippen molar-refractivity contribution in [3.8, 4) is 11.4 Å². The molecule has 0 unspecified atom stereocenters. The molecule has 1 aliphatic heterocycles. The molecule has 4 heterocycles. The van der Waals surface area contributed by atoms with Gasteiger partial charge >= 0.3 is 5.97 Å². The second-order valence-corrected chi connectivity index (χ2v) is 9.62. The largest absolute Gasteiger partial charge is 0.462 e. The molecule has 0 saturated carbocycles. The van der Waals surface area contributed by atoms with Crippen LogP contribution in [0.1, 0.15) is 22.2 Å². The van der Waals surface area contributed by atoms with Crippen molar-refractivity contribution >= 4 is 45.0 Å². The Bertz CT molecular complexity index is 1420. The lowest BCUT2D eigenvalue weighted by atomic mass is 10.1. The van der Waals surface area contributed by atoms with Gasteiger partial charge in [-0.15, -0.1) is 11.3 Å². The van der Waals surface area contributed by atoms with Crippen LogP contribution in [0.4, 0.5) is 21.8 Å². The zero-order chi connectivity index (χ0) is 25.9. The fourth-order valence-corrected chi connectivity index (χ4v) is 5.17. The van der Waals surface area contributed by atoms with Gasteiger partial charge < -0.3 is 25.0 Å². The molecule has 12 heteroatoms. The number of nitrogens with two attached hydrogens (primary N) is 1. The fraction of sp³-hybridized carbons (Fsp3) is 0.320. The zero-order valence-corrected chi connectivity index (χ0v) is 21.3. The van der Waals surface area contributed by atoms with Gasteiger partial charge in [0.15, 0.2) is 11.6 Å². The van der Waals surface area contributed by atoms with Gasteiger partial charge in [-0.1, -0.05) is 0 Å². The van der Waals surface area contributed by atoms with E-state index >= 15 is 0 Å². The number of nitrogens with zero attached hydrogens (tertiary/aromatic N) is 6. The lowest BCUT2D eigenvalue weighted by molar-refractivity contribution is 0.0525. The molecule has 192 valence electrons. The molecule has 0 aliphatic carbocycles. The molecule has 1 saturated heterocycles. The van der Waals surface area contributed by atoms with E-state index in [0.29, 0.717) is 61.4 Å². The number of anilines is 3. The number of esters is 1. The molecule has 2 N–H and O–H groups in total. The molecule has 1 aromatic carbocycles. The number of hydrogen-bond acceptors (Lipinski definition) is 11. The third kappa shape index (κ3) is 5.30. The maximum Gasteiger partial charge on any atom is 0.341 e. The number of aromatic nitrogens is 4. The molecule has 1 aliphatic rings. The van der Waals surface area contributed by atoms with Crippen LogP contribution in [-0.4, -0.2) is 65.9 Å². The van der Waals surface area contributed by atoms with E-state index in [1.165, 1.54) is 18.5 Å². The lowest BCUT2D eigenvalue weighted by Gasteiger charge is -2.28. The highest BCUT2D eigenvalue weighted by molar-refractivity contribution is 7.19. The van der Waals surface area contributed by atoms with Crippen LogP contribution in [0.2, 0.25) is 0 Å². The summed E-state index contributed by atoms with van der Waals surface area (Å²) >= 11 is 1.57. The van der Waals surface area contributed by atoms with Crippen LogP contribution in [0.5, 0.6) is 0 Å². The molecule has 5 rings (SSSR count). The van der Waals surface area contributed by atoms with E-state index in [1.54, 1.807) is 30.4 Å². The van der Waals surface area contributed by atoms with Crippen molar-refractivity contribution in [2.45, 2.75) is 13.5 Å². The Balaban J connectivity index is 1.47. The van der Waals surface area contributed by atoms with E-state index in [4.69, 9.17) is 25.2 Å². The van der Waals surface area contributed by atoms with Crippen molar-refractivity contribution in [3.63, 3.8) is 0 Å². The molecule has 10 nitrogen and oxygen atoms in total. The summed E-state index contributed by atoms with van der Waals surface area (Å²) in [7, 11) is 1.87. The standard InChI is InChI=1S/C25H26FN7O3S/c1-3-36-24(34)15-12-28-25(29-13-15)32(2)14-17-11-20-21(37-17)23(33-6-8-35-9-7-33)31-22(30-20)18-5-4-16(27)10-19(18)26/h4-5,10-13H,3,6-9,14,27H2,1-2H3. The number of rotatable bonds is 7. The third-order valence-electron chi connectivity index (χ3n) is 5.83. The van der Waals surface area contributed by atoms with Crippen molar-refractivity contribution in [2.75, 3.05) is 55.5 Å². The average molecular weight is 524 g/mol. The predicted octanol–water partition coefficient (Wildman–Crippen LogP) is 3.52. The number of fused-ring (bicyclic) bond motifs is 1. The summed E-state index contributed by atoms with van der Waals surface area (Å²) in [4.78, 5) is 35.0. The van der Waals surface area contributed by atoms with E-state index in [2.05, 4.69) is 14.9 Å². The van der Waals surface area contributed by atoms with Gasteiger partial charge in [0.2, 0.25) is 5.95 Å². The Kier molecular flexibility index (Phi) is 7.10. The molecule has 1 fully saturated rings. The number of benzene rings is 1. The van der Waals surface area contributed by atoms with Gasteiger partial charge in [0.1, 0.15) is 5.82 Å². The van der Waals surface area contributed by atoms with Crippen LogP contribution in [0.3, 0.4) is 0 Å². The number of hydrogen-bond donors (Lipinski definition) is 1. The van der Waals surface area contributed by atoms with Gasteiger partial charge in [-0.05, 0) is 31.2 Å². The topological polar surface area (TPSA) is 120 Å². The smallest absolute Gasteiger partial charge is 0.341 e. The number of nitrogen functional groups attached to an aromatic ring is 1. The summed E-state index contributed by atoms with van der Waals surface area (Å²) in [5.74, 6) is 0.611. The molecule has 0 atom stereocenters. The van der Waals surface area contributed by atoms with Crippen molar-refractivity contribution in [3.05, 3.63) is 52.9 Å². The van der Waals surface area contributed by atoms with Crippen molar-refractivity contribution in [1.29, 1.82) is 0 Å². The van der Waals surface area contributed by atoms with Crippen LogP contribution in [0.25, 0.3) is 21.6 Å². The Hall–Kier alpha value is -3.90. The SMILES string of the molecule is CCOC(=O)c1cnc(N(C)Cc2cc3nc(-c4ccc(N)cc4F)nc(N4CCOCC4)c3s2)nc1. The molecule has 0 radical (unpaired) electrons. The Morgan fingerprint density at radius 2 is 1.97 bits per heavy atom. The normalized spacial score (nSPS) is 13.6. The zero-order valence-electron chi connectivity index (χ0n) is 20.5. The first kappa shape index (κ1) is 24.8. The molecular weight excluding hydrogens is 497 g/mol. The molecule has 4 aromatic rings. The average Bonchev–Trinajstić information content (AvgIpc) is 3.31. The van der Waals surface area contributed by atoms with Crippen LogP contribution < -0.4 is 15.5 Å². The van der Waals surface area contributed by atoms with Crippen LogP contribution >= 0.6 is 11.3 Å². The predicted molar refractivity (Wildman–Crippen MR) is 140 cm³/mol. The van der Waals surface area contributed by atoms with Gasteiger partial charge in [-0.3, -0.25) is 0 Å².